The van der Waals surface area contributed by atoms with E-state index in [1.807, 2.05) is 4.68 Å². The molecule has 2 saturated carbocycles. The molecule has 5 nitrogen and oxygen atoms in total. The summed E-state index contributed by atoms with van der Waals surface area (Å²) < 4.78 is 29.4. The summed E-state index contributed by atoms with van der Waals surface area (Å²) in [5.74, 6) is -0.887. The molecule has 1 aromatic carbocycles. The van der Waals surface area contributed by atoms with Crippen molar-refractivity contribution in [3.05, 3.63) is 71.2 Å². The quantitative estimate of drug-likeness (QED) is 0.706. The topological polar surface area (TPSA) is 59.8 Å². The van der Waals surface area contributed by atoms with Gasteiger partial charge in [-0.15, -0.1) is 0 Å². The number of halogens is 2. The summed E-state index contributed by atoms with van der Waals surface area (Å²) in [5, 5.41) is 7.22. The minimum atomic E-state index is -0.902. The summed E-state index contributed by atoms with van der Waals surface area (Å²) in [6.45, 7) is 0. The number of aromatic nitrogens is 3. The van der Waals surface area contributed by atoms with Crippen molar-refractivity contribution in [3.63, 3.8) is 0 Å². The second-order valence-corrected chi connectivity index (χ2v) is 7.41. The van der Waals surface area contributed by atoms with Crippen molar-refractivity contribution in [2.24, 2.45) is 0 Å². The summed E-state index contributed by atoms with van der Waals surface area (Å²) in [7, 11) is 0. The molecule has 2 aliphatic rings. The van der Waals surface area contributed by atoms with Crippen molar-refractivity contribution in [3.8, 4) is 5.82 Å². The van der Waals surface area contributed by atoms with E-state index in [-0.39, 0.29) is 0 Å². The van der Waals surface area contributed by atoms with Crippen LogP contribution >= 0.6 is 0 Å². The van der Waals surface area contributed by atoms with Crippen LogP contribution in [0.5, 0.6) is 0 Å². The second-order valence-electron chi connectivity index (χ2n) is 7.41. The molecule has 142 valence electrons. The van der Waals surface area contributed by atoms with Gasteiger partial charge in [0, 0.05) is 17.5 Å². The molecule has 0 atom stereocenters. The van der Waals surface area contributed by atoms with Crippen LogP contribution in [0.1, 0.15) is 59.3 Å². The molecule has 2 fully saturated rings. The average molecular weight is 380 g/mol. The first-order valence-corrected chi connectivity index (χ1v) is 9.42. The van der Waals surface area contributed by atoms with Crippen LogP contribution in [-0.2, 0) is 0 Å². The molecule has 2 aliphatic carbocycles. The smallest absolute Gasteiger partial charge is 0.261 e. The van der Waals surface area contributed by atoms with Crippen LogP contribution in [0.3, 0.4) is 0 Å². The van der Waals surface area contributed by atoms with Gasteiger partial charge in [0.1, 0.15) is 17.2 Å². The van der Waals surface area contributed by atoms with Crippen LogP contribution in [0.25, 0.3) is 5.82 Å². The number of anilines is 1. The van der Waals surface area contributed by atoms with E-state index >= 15 is 0 Å². The summed E-state index contributed by atoms with van der Waals surface area (Å²) in [6, 6.07) is 8.92. The maximum Gasteiger partial charge on any atom is 0.261 e. The number of carbonyl (C=O) groups is 1. The van der Waals surface area contributed by atoms with Gasteiger partial charge < -0.3 is 5.32 Å². The van der Waals surface area contributed by atoms with Gasteiger partial charge in [0.05, 0.1) is 17.6 Å². The van der Waals surface area contributed by atoms with E-state index in [1.54, 1.807) is 12.1 Å². The van der Waals surface area contributed by atoms with Crippen molar-refractivity contribution in [2.75, 3.05) is 5.32 Å². The van der Waals surface area contributed by atoms with Crippen molar-refractivity contribution >= 4 is 11.6 Å². The first kappa shape index (κ1) is 17.0. The van der Waals surface area contributed by atoms with Crippen LogP contribution in [0, 0.1) is 11.6 Å². The van der Waals surface area contributed by atoms with E-state index in [0.717, 1.165) is 30.7 Å². The van der Waals surface area contributed by atoms with Crippen molar-refractivity contribution in [1.29, 1.82) is 0 Å². The lowest BCUT2D eigenvalue weighted by molar-refractivity contribution is 0.101. The zero-order valence-electron chi connectivity index (χ0n) is 15.0. The summed E-state index contributed by atoms with van der Waals surface area (Å²) in [6.07, 6.45) is 6.18. The number of nitrogens with zero attached hydrogens (tertiary/aromatic N) is 3. The van der Waals surface area contributed by atoms with Crippen molar-refractivity contribution in [2.45, 2.75) is 37.5 Å². The number of amides is 1. The monoisotopic (exact) mass is 380 g/mol. The van der Waals surface area contributed by atoms with Gasteiger partial charge in [0.2, 0.25) is 0 Å². The number of rotatable bonds is 5. The fourth-order valence-corrected chi connectivity index (χ4v) is 3.34. The highest BCUT2D eigenvalue weighted by molar-refractivity contribution is 6.04. The summed E-state index contributed by atoms with van der Waals surface area (Å²) in [5.41, 5.74) is 2.05. The number of carbonyl (C=O) groups excluding carboxylic acids is 1. The predicted octanol–water partition coefficient (Wildman–Crippen LogP) is 4.55. The highest BCUT2D eigenvalue weighted by atomic mass is 19.1. The Morgan fingerprint density at radius 1 is 1.04 bits per heavy atom. The third-order valence-corrected chi connectivity index (χ3v) is 5.16. The minimum absolute atomic E-state index is 0.360. The summed E-state index contributed by atoms with van der Waals surface area (Å²) in [4.78, 5) is 16.6. The third kappa shape index (κ3) is 3.17. The molecule has 0 aliphatic heterocycles. The Morgan fingerprint density at radius 3 is 2.36 bits per heavy atom. The highest BCUT2D eigenvalue weighted by Crippen LogP contribution is 2.45. The Bertz CT molecular complexity index is 1030. The van der Waals surface area contributed by atoms with E-state index in [4.69, 9.17) is 5.10 Å². The molecule has 0 spiro atoms. The first-order chi connectivity index (χ1) is 13.6. The molecule has 28 heavy (non-hydrogen) atoms. The summed E-state index contributed by atoms with van der Waals surface area (Å²) >= 11 is 0. The molecular weight excluding hydrogens is 362 g/mol. The van der Waals surface area contributed by atoms with E-state index in [9.17, 15) is 13.6 Å². The number of benzene rings is 1. The average Bonchev–Trinajstić information content (AvgIpc) is 3.61. The van der Waals surface area contributed by atoms with Gasteiger partial charge in [-0.2, -0.15) is 5.10 Å². The largest absolute Gasteiger partial charge is 0.320 e. The molecule has 5 rings (SSSR count). The van der Waals surface area contributed by atoms with Gasteiger partial charge in [-0.05, 0) is 56.0 Å². The van der Waals surface area contributed by atoms with Crippen LogP contribution in [0.4, 0.5) is 14.5 Å². The fourth-order valence-electron chi connectivity index (χ4n) is 3.34. The van der Waals surface area contributed by atoms with Gasteiger partial charge >= 0.3 is 0 Å². The number of pyridine rings is 1. The highest BCUT2D eigenvalue weighted by Gasteiger charge is 2.33. The van der Waals surface area contributed by atoms with Crippen LogP contribution < -0.4 is 5.32 Å². The van der Waals surface area contributed by atoms with E-state index in [1.165, 1.54) is 30.8 Å². The molecule has 3 aromatic rings. The molecule has 2 heterocycles. The normalized spacial score (nSPS) is 16.2. The Kier molecular flexibility index (Phi) is 3.96. The second kappa shape index (κ2) is 6.51. The molecule has 2 aromatic heterocycles. The number of nitrogens with one attached hydrogen (secondary N) is 1. The lowest BCUT2D eigenvalue weighted by Gasteiger charge is -2.09. The Labute approximate surface area is 160 Å². The van der Waals surface area contributed by atoms with E-state index < -0.39 is 23.1 Å². The fraction of sp³-hybridized carbons (Fsp3) is 0.286. The Balaban J connectivity index is 1.38. The number of hydrogen-bond donors (Lipinski definition) is 1. The van der Waals surface area contributed by atoms with Crippen LogP contribution in [-0.4, -0.2) is 20.7 Å². The molecule has 0 radical (unpaired) electrons. The Hall–Kier alpha value is -3.09. The molecule has 0 unspecified atom stereocenters. The van der Waals surface area contributed by atoms with Gasteiger partial charge in [-0.1, -0.05) is 6.07 Å². The molecule has 7 heteroatoms. The van der Waals surface area contributed by atoms with Crippen molar-refractivity contribution < 1.29 is 13.6 Å². The van der Waals surface area contributed by atoms with Gasteiger partial charge in [0.15, 0.2) is 5.82 Å². The molecule has 0 bridgehead atoms. The van der Waals surface area contributed by atoms with Crippen molar-refractivity contribution in [1.82, 2.24) is 14.8 Å². The predicted molar refractivity (Wildman–Crippen MR) is 99.6 cm³/mol. The van der Waals surface area contributed by atoms with Gasteiger partial charge in [-0.25, -0.2) is 18.4 Å². The maximum atomic E-state index is 13.8. The van der Waals surface area contributed by atoms with Crippen LogP contribution in [0.15, 0.2) is 42.6 Å². The molecular formula is C21H18F2N4O. The Morgan fingerprint density at radius 2 is 1.75 bits per heavy atom. The zero-order valence-corrected chi connectivity index (χ0v) is 15.0. The third-order valence-electron chi connectivity index (χ3n) is 5.16. The SMILES string of the molecule is O=C(Nc1ccc(-n2nc(C3CC3)cc2C2CC2)nc1)c1c(F)cccc1F. The van der Waals surface area contributed by atoms with E-state index in [0.29, 0.717) is 23.3 Å². The lowest BCUT2D eigenvalue weighted by Crippen LogP contribution is -2.16. The van der Waals surface area contributed by atoms with E-state index in [2.05, 4.69) is 16.4 Å². The molecule has 1 amide bonds. The first-order valence-electron chi connectivity index (χ1n) is 9.42. The van der Waals surface area contributed by atoms with Crippen LogP contribution in [0.2, 0.25) is 0 Å². The van der Waals surface area contributed by atoms with Gasteiger partial charge in [-0.3, -0.25) is 4.79 Å². The molecule has 1 N–H and O–H groups in total. The van der Waals surface area contributed by atoms with Gasteiger partial charge in [0.25, 0.3) is 5.91 Å². The zero-order chi connectivity index (χ0) is 19.3. The standard InChI is InChI=1S/C21H18F2N4O/c22-15-2-1-3-16(23)20(15)21(28)25-14-8-9-19(24-11-14)27-18(13-6-7-13)10-17(26-27)12-4-5-12/h1-3,8-13H,4-7H2,(H,25,28). The lowest BCUT2D eigenvalue weighted by atomic mass is 10.2. The number of hydrogen-bond acceptors (Lipinski definition) is 3. The maximum absolute atomic E-state index is 13.8. The molecule has 0 saturated heterocycles. The minimum Gasteiger partial charge on any atom is -0.320 e.